The van der Waals surface area contributed by atoms with E-state index in [0.29, 0.717) is 10.8 Å². The molecule has 2 aromatic heterocycles. The fourth-order valence-corrected chi connectivity index (χ4v) is 3.07. The van der Waals surface area contributed by atoms with Gasteiger partial charge in [0.1, 0.15) is 5.69 Å². The summed E-state index contributed by atoms with van der Waals surface area (Å²) in [7, 11) is 0. The zero-order valence-electron chi connectivity index (χ0n) is 9.78. The number of thiazole rings is 1. The summed E-state index contributed by atoms with van der Waals surface area (Å²) in [5.74, 6) is -0.156. The number of carbonyl (C=O) groups excluding carboxylic acids is 1. The third kappa shape index (κ3) is 3.02. The first-order valence-electron chi connectivity index (χ1n) is 5.27. The summed E-state index contributed by atoms with van der Waals surface area (Å²) in [5, 5.41) is 3.37. The molecule has 2 rings (SSSR count). The quantitative estimate of drug-likeness (QED) is 0.846. The Morgan fingerprint density at radius 3 is 2.78 bits per heavy atom. The van der Waals surface area contributed by atoms with Crippen molar-refractivity contribution in [2.45, 2.75) is 19.9 Å². The van der Waals surface area contributed by atoms with Crippen molar-refractivity contribution in [3.05, 3.63) is 32.4 Å². The fraction of sp³-hybridized carbons (Fsp3) is 0.273. The number of amides is 1. The van der Waals surface area contributed by atoms with Crippen molar-refractivity contribution >= 4 is 54.2 Å². The summed E-state index contributed by atoms with van der Waals surface area (Å²) in [5.41, 5.74) is 0.614. The first-order valence-corrected chi connectivity index (χ1v) is 7.67. The molecule has 0 fully saturated rings. The summed E-state index contributed by atoms with van der Waals surface area (Å²) in [4.78, 5) is 16.2. The standard InChI is InChI=1S/C11H11Br2N3OS/c1-6(2)16-5-7(12)3-8(16)10(17)15-11-14-4-9(13)18-11/h3-6H,1-2H3,(H,14,15,17). The molecule has 0 aliphatic heterocycles. The van der Waals surface area contributed by atoms with Crippen molar-refractivity contribution in [1.82, 2.24) is 9.55 Å². The molecule has 2 heterocycles. The fourth-order valence-electron chi connectivity index (χ4n) is 1.53. The number of aromatic nitrogens is 2. The third-order valence-corrected chi connectivity index (χ3v) is 4.13. The molecule has 1 amide bonds. The lowest BCUT2D eigenvalue weighted by molar-refractivity contribution is 0.101. The molecule has 0 aliphatic rings. The van der Waals surface area contributed by atoms with E-state index in [1.54, 1.807) is 12.3 Å². The normalized spacial score (nSPS) is 10.9. The Hall–Kier alpha value is -0.660. The van der Waals surface area contributed by atoms with E-state index in [1.807, 2.05) is 24.6 Å². The molecule has 0 saturated heterocycles. The van der Waals surface area contributed by atoms with E-state index < -0.39 is 0 Å². The van der Waals surface area contributed by atoms with Crippen LogP contribution in [0.1, 0.15) is 30.4 Å². The summed E-state index contributed by atoms with van der Waals surface area (Å²) >= 11 is 8.08. The van der Waals surface area contributed by atoms with Gasteiger partial charge in [-0.25, -0.2) is 4.98 Å². The number of halogens is 2. The van der Waals surface area contributed by atoms with Crippen molar-refractivity contribution in [2.24, 2.45) is 0 Å². The van der Waals surface area contributed by atoms with Crippen molar-refractivity contribution in [3.8, 4) is 0 Å². The predicted molar refractivity (Wildman–Crippen MR) is 80.3 cm³/mol. The topological polar surface area (TPSA) is 46.9 Å². The summed E-state index contributed by atoms with van der Waals surface area (Å²) in [6.45, 7) is 4.06. The number of rotatable bonds is 3. The van der Waals surface area contributed by atoms with Crippen LogP contribution in [-0.2, 0) is 0 Å². The lowest BCUT2D eigenvalue weighted by Crippen LogP contribution is -2.17. The van der Waals surface area contributed by atoms with Crippen LogP contribution >= 0.6 is 43.2 Å². The van der Waals surface area contributed by atoms with E-state index >= 15 is 0 Å². The minimum absolute atomic E-state index is 0.156. The number of anilines is 1. The minimum Gasteiger partial charge on any atom is -0.340 e. The van der Waals surface area contributed by atoms with Gasteiger partial charge in [0.25, 0.3) is 5.91 Å². The molecule has 18 heavy (non-hydrogen) atoms. The molecule has 0 unspecified atom stereocenters. The Labute approximate surface area is 126 Å². The second kappa shape index (κ2) is 5.54. The van der Waals surface area contributed by atoms with Gasteiger partial charge < -0.3 is 4.57 Å². The predicted octanol–water partition coefficient (Wildman–Crippen LogP) is 4.30. The number of carbonyl (C=O) groups is 1. The van der Waals surface area contributed by atoms with Gasteiger partial charge in [0.05, 0.1) is 9.98 Å². The third-order valence-electron chi connectivity index (χ3n) is 2.30. The van der Waals surface area contributed by atoms with E-state index in [9.17, 15) is 4.79 Å². The first kappa shape index (κ1) is 13.8. The van der Waals surface area contributed by atoms with Crippen LogP contribution in [0.5, 0.6) is 0 Å². The monoisotopic (exact) mass is 391 g/mol. The summed E-state index contributed by atoms with van der Waals surface area (Å²) < 4.78 is 3.70. The molecule has 0 aliphatic carbocycles. The first-order chi connectivity index (χ1) is 8.47. The largest absolute Gasteiger partial charge is 0.340 e. The Morgan fingerprint density at radius 1 is 1.50 bits per heavy atom. The lowest BCUT2D eigenvalue weighted by atomic mass is 10.3. The maximum atomic E-state index is 12.2. The maximum absolute atomic E-state index is 12.2. The minimum atomic E-state index is -0.156. The van der Waals surface area contributed by atoms with Crippen LogP contribution in [0.2, 0.25) is 0 Å². The highest BCUT2D eigenvalue weighted by molar-refractivity contribution is 9.11. The molecule has 7 heteroatoms. The average molecular weight is 393 g/mol. The summed E-state index contributed by atoms with van der Waals surface area (Å²) in [6.07, 6.45) is 3.56. The van der Waals surface area contributed by atoms with Crippen LogP contribution in [-0.4, -0.2) is 15.5 Å². The molecule has 2 aromatic rings. The number of hydrogen-bond donors (Lipinski definition) is 1. The molecular formula is C11H11Br2N3OS. The van der Waals surface area contributed by atoms with Gasteiger partial charge in [-0.1, -0.05) is 11.3 Å². The highest BCUT2D eigenvalue weighted by Crippen LogP contribution is 2.25. The Kier molecular flexibility index (Phi) is 4.24. The molecule has 1 N–H and O–H groups in total. The Bertz CT molecular complexity index is 577. The van der Waals surface area contributed by atoms with E-state index in [4.69, 9.17) is 0 Å². The smallest absolute Gasteiger partial charge is 0.274 e. The van der Waals surface area contributed by atoms with Crippen LogP contribution in [0.3, 0.4) is 0 Å². The molecule has 0 atom stereocenters. The molecule has 0 spiro atoms. The second-order valence-corrected chi connectivity index (χ2v) is 7.29. The van der Waals surface area contributed by atoms with Gasteiger partial charge in [-0.05, 0) is 51.8 Å². The van der Waals surface area contributed by atoms with Crippen molar-refractivity contribution in [2.75, 3.05) is 5.32 Å². The Balaban J connectivity index is 2.23. The van der Waals surface area contributed by atoms with E-state index in [2.05, 4.69) is 42.2 Å². The van der Waals surface area contributed by atoms with Gasteiger partial charge in [0.15, 0.2) is 5.13 Å². The SMILES string of the molecule is CC(C)n1cc(Br)cc1C(=O)Nc1ncc(Br)s1. The van der Waals surface area contributed by atoms with Crippen molar-refractivity contribution in [1.29, 1.82) is 0 Å². The molecule has 0 saturated carbocycles. The summed E-state index contributed by atoms with van der Waals surface area (Å²) in [6, 6.07) is 2.03. The van der Waals surface area contributed by atoms with Crippen molar-refractivity contribution in [3.63, 3.8) is 0 Å². The van der Waals surface area contributed by atoms with E-state index in [0.717, 1.165) is 8.26 Å². The zero-order chi connectivity index (χ0) is 13.3. The molecule has 4 nitrogen and oxygen atoms in total. The molecule has 0 bridgehead atoms. The average Bonchev–Trinajstić information content (AvgIpc) is 2.85. The number of hydrogen-bond acceptors (Lipinski definition) is 3. The highest BCUT2D eigenvalue weighted by atomic mass is 79.9. The maximum Gasteiger partial charge on any atom is 0.274 e. The van der Waals surface area contributed by atoms with Crippen LogP contribution in [0.15, 0.2) is 26.7 Å². The van der Waals surface area contributed by atoms with Gasteiger partial charge in [-0.3, -0.25) is 10.1 Å². The molecular weight excluding hydrogens is 382 g/mol. The van der Waals surface area contributed by atoms with Gasteiger partial charge in [-0.2, -0.15) is 0 Å². The van der Waals surface area contributed by atoms with Crippen molar-refractivity contribution < 1.29 is 4.79 Å². The van der Waals surface area contributed by atoms with Gasteiger partial charge in [0, 0.05) is 16.7 Å². The van der Waals surface area contributed by atoms with Gasteiger partial charge in [-0.15, -0.1) is 0 Å². The molecule has 0 radical (unpaired) electrons. The van der Waals surface area contributed by atoms with Crippen LogP contribution in [0, 0.1) is 0 Å². The van der Waals surface area contributed by atoms with Gasteiger partial charge >= 0.3 is 0 Å². The number of nitrogens with one attached hydrogen (secondary N) is 1. The van der Waals surface area contributed by atoms with E-state index in [1.165, 1.54) is 11.3 Å². The van der Waals surface area contributed by atoms with Crippen LogP contribution in [0.4, 0.5) is 5.13 Å². The van der Waals surface area contributed by atoms with Crippen LogP contribution in [0.25, 0.3) is 0 Å². The van der Waals surface area contributed by atoms with Crippen LogP contribution < -0.4 is 5.32 Å². The molecule has 96 valence electrons. The lowest BCUT2D eigenvalue weighted by Gasteiger charge is -2.11. The number of nitrogens with zero attached hydrogens (tertiary/aromatic N) is 2. The van der Waals surface area contributed by atoms with Gasteiger partial charge in [0.2, 0.25) is 0 Å². The zero-order valence-corrected chi connectivity index (χ0v) is 13.8. The highest BCUT2D eigenvalue weighted by Gasteiger charge is 2.16. The second-order valence-electron chi connectivity index (χ2n) is 3.97. The molecule has 0 aromatic carbocycles. The Morgan fingerprint density at radius 2 is 2.22 bits per heavy atom. The van der Waals surface area contributed by atoms with E-state index in [-0.39, 0.29) is 11.9 Å².